The molecule has 0 saturated heterocycles. The Bertz CT molecular complexity index is 1600. The lowest BCUT2D eigenvalue weighted by molar-refractivity contribution is 0.302. The number of aryl methyl sites for hydroxylation is 1. The molecule has 0 fully saturated rings. The van der Waals surface area contributed by atoms with E-state index in [4.69, 9.17) is 14.0 Å². The van der Waals surface area contributed by atoms with Crippen LogP contribution in [-0.2, 0) is 27.5 Å². The van der Waals surface area contributed by atoms with Crippen LogP contribution in [0, 0.1) is 0 Å². The molecule has 5 rings (SSSR count). The van der Waals surface area contributed by atoms with Crippen LogP contribution >= 0.6 is 0 Å². The number of nitrogens with zero attached hydrogens (tertiary/aromatic N) is 4. The number of hydrogen-bond donors (Lipinski definition) is 0. The van der Waals surface area contributed by atoms with E-state index in [1.165, 1.54) is 0 Å². The van der Waals surface area contributed by atoms with Crippen molar-refractivity contribution >= 4 is 21.0 Å². The summed E-state index contributed by atoms with van der Waals surface area (Å²) in [5, 5.41) is 5.88. The minimum absolute atomic E-state index is 0.108. The molecule has 3 heterocycles. The molecule has 0 atom stereocenters. The Hall–Kier alpha value is -4.08. The molecule has 0 radical (unpaired) electrons. The van der Waals surface area contributed by atoms with Crippen LogP contribution in [0.4, 0.5) is 0 Å². The predicted molar refractivity (Wildman–Crippen MR) is 142 cm³/mol. The third kappa shape index (κ3) is 6.38. The van der Waals surface area contributed by atoms with Crippen molar-refractivity contribution < 1.29 is 17.3 Å². The van der Waals surface area contributed by atoms with Crippen molar-refractivity contribution in [3.8, 4) is 28.1 Å². The van der Waals surface area contributed by atoms with Crippen molar-refractivity contribution in [2.45, 2.75) is 19.6 Å². The van der Waals surface area contributed by atoms with Crippen LogP contribution in [0.1, 0.15) is 12.1 Å². The van der Waals surface area contributed by atoms with Gasteiger partial charge in [-0.2, -0.15) is 13.5 Å². The van der Waals surface area contributed by atoms with E-state index in [0.717, 1.165) is 51.0 Å². The molecule has 0 N–H and O–H groups in total. The fraction of sp³-hybridized carbons (Fsp3) is 0.179. The first kappa shape index (κ1) is 24.6. The second-order valence-electron chi connectivity index (χ2n) is 8.58. The molecule has 37 heavy (non-hydrogen) atoms. The maximum atomic E-state index is 11.2. The van der Waals surface area contributed by atoms with Gasteiger partial charge in [-0.3, -0.25) is 13.8 Å². The summed E-state index contributed by atoms with van der Waals surface area (Å²) in [6, 6.07) is 23.7. The lowest BCUT2D eigenvalue weighted by Crippen LogP contribution is -2.07. The van der Waals surface area contributed by atoms with Crippen LogP contribution in [-0.4, -0.2) is 41.0 Å². The maximum absolute atomic E-state index is 11.2. The van der Waals surface area contributed by atoms with Gasteiger partial charge in [0.15, 0.2) is 0 Å². The summed E-state index contributed by atoms with van der Waals surface area (Å²) in [4.78, 5) is 8.78. The number of aromatic nitrogens is 4. The van der Waals surface area contributed by atoms with Gasteiger partial charge in [-0.15, -0.1) is 0 Å². The van der Waals surface area contributed by atoms with Gasteiger partial charge in [0.25, 0.3) is 10.1 Å². The minimum atomic E-state index is -3.46. The van der Waals surface area contributed by atoms with E-state index in [0.29, 0.717) is 19.6 Å². The van der Waals surface area contributed by atoms with Gasteiger partial charge in [0.1, 0.15) is 18.1 Å². The summed E-state index contributed by atoms with van der Waals surface area (Å²) in [5.41, 5.74) is 5.52. The number of hydrogen-bond acceptors (Lipinski definition) is 7. The lowest BCUT2D eigenvalue weighted by Gasteiger charge is -2.08. The molecule has 0 aliphatic heterocycles. The number of rotatable bonds is 10. The lowest BCUT2D eigenvalue weighted by atomic mass is 10.0. The molecule has 0 saturated carbocycles. The monoisotopic (exact) mass is 514 g/mol. The molecular formula is C28H26N4O4S. The van der Waals surface area contributed by atoms with E-state index in [2.05, 4.69) is 9.97 Å². The maximum Gasteiger partial charge on any atom is 0.264 e. The first-order valence-corrected chi connectivity index (χ1v) is 13.7. The van der Waals surface area contributed by atoms with E-state index < -0.39 is 10.1 Å². The Morgan fingerprint density at radius 1 is 0.892 bits per heavy atom. The Balaban J connectivity index is 1.31. The summed E-state index contributed by atoms with van der Waals surface area (Å²) in [7, 11) is -3.46. The highest BCUT2D eigenvalue weighted by atomic mass is 32.2. The van der Waals surface area contributed by atoms with Gasteiger partial charge >= 0.3 is 0 Å². The van der Waals surface area contributed by atoms with Crippen LogP contribution in [0.2, 0.25) is 0 Å². The van der Waals surface area contributed by atoms with Crippen molar-refractivity contribution in [3.05, 3.63) is 97.1 Å². The number of para-hydroxylation sites is 1. The predicted octanol–water partition coefficient (Wildman–Crippen LogP) is 5.11. The Morgan fingerprint density at radius 3 is 2.46 bits per heavy atom. The van der Waals surface area contributed by atoms with Gasteiger partial charge in [0.2, 0.25) is 0 Å². The van der Waals surface area contributed by atoms with Crippen LogP contribution in [0.15, 0.2) is 91.4 Å². The first-order valence-electron chi connectivity index (χ1n) is 11.8. The number of pyridine rings is 2. The van der Waals surface area contributed by atoms with E-state index in [1.54, 1.807) is 12.4 Å². The van der Waals surface area contributed by atoms with Gasteiger partial charge in [0, 0.05) is 41.6 Å². The molecule has 0 spiro atoms. The first-order chi connectivity index (χ1) is 17.9. The molecule has 0 bridgehead atoms. The van der Waals surface area contributed by atoms with E-state index in [1.807, 2.05) is 83.7 Å². The molecule has 2 aromatic carbocycles. The molecule has 0 amide bonds. The standard InChI is InChI=1S/C28H26N4O4S/c1-37(33,34)36-18-4-17-32-19-26(21-13-15-29-16-14-21)28(31-32)23-8-11-25(12-9-23)35-20-24-10-7-22-5-2-3-6-27(22)30-24/h2-3,5-16,19H,4,17-18,20H2,1H3. The second kappa shape index (κ2) is 10.9. The number of benzene rings is 2. The zero-order chi connectivity index (χ0) is 25.7. The zero-order valence-corrected chi connectivity index (χ0v) is 21.1. The molecule has 5 aromatic rings. The summed E-state index contributed by atoms with van der Waals surface area (Å²) >= 11 is 0. The normalized spacial score (nSPS) is 11.6. The highest BCUT2D eigenvalue weighted by molar-refractivity contribution is 7.85. The average Bonchev–Trinajstić information content (AvgIpc) is 3.34. The number of ether oxygens (including phenoxy) is 1. The molecule has 0 aliphatic carbocycles. The Labute approximate surface area is 215 Å². The van der Waals surface area contributed by atoms with Gasteiger partial charge in [-0.05, 0) is 60.5 Å². The van der Waals surface area contributed by atoms with Crippen LogP contribution in [0.5, 0.6) is 5.75 Å². The van der Waals surface area contributed by atoms with Crippen molar-refractivity contribution in [2.24, 2.45) is 0 Å². The molecule has 188 valence electrons. The van der Waals surface area contributed by atoms with Crippen molar-refractivity contribution in [2.75, 3.05) is 12.9 Å². The Kier molecular flexibility index (Phi) is 7.25. The van der Waals surface area contributed by atoms with Crippen LogP contribution < -0.4 is 4.74 Å². The largest absolute Gasteiger partial charge is 0.487 e. The van der Waals surface area contributed by atoms with Crippen molar-refractivity contribution in [1.29, 1.82) is 0 Å². The topological polar surface area (TPSA) is 96.2 Å². The molecule has 0 unspecified atom stereocenters. The van der Waals surface area contributed by atoms with Gasteiger partial charge in [-0.25, -0.2) is 4.98 Å². The number of fused-ring (bicyclic) bond motifs is 1. The third-order valence-electron chi connectivity index (χ3n) is 5.75. The van der Waals surface area contributed by atoms with Crippen molar-refractivity contribution in [1.82, 2.24) is 19.7 Å². The summed E-state index contributed by atoms with van der Waals surface area (Å²) in [5.74, 6) is 0.738. The SMILES string of the molecule is CS(=O)(=O)OCCCn1cc(-c2ccncc2)c(-c2ccc(OCc3ccc4ccccc4n3)cc2)n1. The van der Waals surface area contributed by atoms with Crippen LogP contribution in [0.25, 0.3) is 33.3 Å². The van der Waals surface area contributed by atoms with E-state index in [9.17, 15) is 8.42 Å². The van der Waals surface area contributed by atoms with Gasteiger partial charge in [-0.1, -0.05) is 24.3 Å². The van der Waals surface area contributed by atoms with Crippen molar-refractivity contribution in [3.63, 3.8) is 0 Å². The zero-order valence-electron chi connectivity index (χ0n) is 20.3. The summed E-state index contributed by atoms with van der Waals surface area (Å²) < 4.78 is 35.1. The second-order valence-corrected chi connectivity index (χ2v) is 10.2. The summed E-state index contributed by atoms with van der Waals surface area (Å²) in [6.45, 7) is 1.00. The molecule has 9 heteroatoms. The van der Waals surface area contributed by atoms with E-state index in [-0.39, 0.29) is 6.61 Å². The molecule has 3 aromatic heterocycles. The minimum Gasteiger partial charge on any atom is -0.487 e. The van der Waals surface area contributed by atoms with E-state index >= 15 is 0 Å². The molecular weight excluding hydrogens is 488 g/mol. The fourth-order valence-corrected chi connectivity index (χ4v) is 4.40. The highest BCUT2D eigenvalue weighted by Gasteiger charge is 2.14. The third-order valence-corrected chi connectivity index (χ3v) is 6.35. The Morgan fingerprint density at radius 2 is 1.68 bits per heavy atom. The quantitative estimate of drug-likeness (QED) is 0.189. The highest BCUT2D eigenvalue weighted by Crippen LogP contribution is 2.32. The molecule has 8 nitrogen and oxygen atoms in total. The fourth-order valence-electron chi connectivity index (χ4n) is 3.98. The average molecular weight is 515 g/mol. The summed E-state index contributed by atoms with van der Waals surface area (Å²) in [6.07, 6.45) is 7.01. The van der Waals surface area contributed by atoms with Crippen LogP contribution in [0.3, 0.4) is 0 Å². The van der Waals surface area contributed by atoms with Gasteiger partial charge in [0.05, 0.1) is 24.1 Å². The van der Waals surface area contributed by atoms with Gasteiger partial charge < -0.3 is 4.74 Å². The molecule has 0 aliphatic rings. The smallest absolute Gasteiger partial charge is 0.264 e.